The van der Waals surface area contributed by atoms with Gasteiger partial charge in [-0.05, 0) is 110 Å². The van der Waals surface area contributed by atoms with Gasteiger partial charge in [0.1, 0.15) is 0 Å². The van der Waals surface area contributed by atoms with Gasteiger partial charge in [0.25, 0.3) is 5.91 Å². The maximum Gasteiger partial charge on any atom is 0.336 e. The van der Waals surface area contributed by atoms with E-state index in [9.17, 15) is 9.59 Å². The van der Waals surface area contributed by atoms with Crippen molar-refractivity contribution in [3.63, 3.8) is 0 Å². The Labute approximate surface area is 185 Å². The van der Waals surface area contributed by atoms with E-state index in [2.05, 4.69) is 71.7 Å². The number of rotatable bonds is 3. The average Bonchev–Trinajstić information content (AvgIpc) is 2.52. The molecule has 0 atom stereocenters. The molecule has 130 valence electrons. The minimum absolute atomic E-state index is 0.0939. The predicted molar refractivity (Wildman–Crippen MR) is 121 cm³/mol. The molecule has 0 spiro atoms. The third-order valence-electron chi connectivity index (χ3n) is 3.28. The third kappa shape index (κ3) is 5.11. The molecule has 3 N–H and O–H groups in total. The van der Waals surface area contributed by atoms with Gasteiger partial charge in [-0.1, -0.05) is 6.07 Å². The molecule has 0 saturated heterocycles. The first-order valence-corrected chi connectivity index (χ1v) is 10.2. The van der Waals surface area contributed by atoms with Gasteiger partial charge in [-0.15, -0.1) is 0 Å². The largest absolute Gasteiger partial charge is 0.478 e. The maximum absolute atomic E-state index is 12.5. The minimum atomic E-state index is -1.02. The molecule has 0 aliphatic carbocycles. The number of amides is 1. The molecular formula is C16H11BrI2N2O3S. The number of carbonyl (C=O) groups is 2. The van der Waals surface area contributed by atoms with Crippen LogP contribution in [0.4, 0.5) is 5.69 Å². The summed E-state index contributed by atoms with van der Waals surface area (Å²) in [7, 11) is 0. The summed E-state index contributed by atoms with van der Waals surface area (Å²) in [6, 6.07) is 8.52. The lowest BCUT2D eigenvalue weighted by atomic mass is 10.1. The fourth-order valence-corrected chi connectivity index (χ4v) is 4.50. The highest BCUT2D eigenvalue weighted by molar-refractivity contribution is 14.1. The van der Waals surface area contributed by atoms with E-state index in [1.54, 1.807) is 25.1 Å². The van der Waals surface area contributed by atoms with Crippen molar-refractivity contribution in [1.29, 1.82) is 0 Å². The van der Waals surface area contributed by atoms with Gasteiger partial charge in [0.05, 0.1) is 11.1 Å². The lowest BCUT2D eigenvalue weighted by Crippen LogP contribution is -2.34. The molecule has 0 saturated carbocycles. The number of aromatic carboxylic acids is 1. The SMILES string of the molecule is Cc1c(NC(=S)NC(=O)c2cc(I)cc(I)c2Br)cccc1C(=O)O. The second-order valence-corrected chi connectivity index (χ2v) is 8.55. The van der Waals surface area contributed by atoms with Crippen molar-refractivity contribution in [3.8, 4) is 0 Å². The molecule has 0 aromatic heterocycles. The minimum Gasteiger partial charge on any atom is -0.478 e. The van der Waals surface area contributed by atoms with E-state index in [1.807, 2.05) is 6.07 Å². The number of anilines is 1. The number of hydrogen-bond donors (Lipinski definition) is 3. The van der Waals surface area contributed by atoms with Gasteiger partial charge >= 0.3 is 5.97 Å². The fraction of sp³-hybridized carbons (Fsp3) is 0.0625. The van der Waals surface area contributed by atoms with Crippen LogP contribution in [-0.2, 0) is 0 Å². The van der Waals surface area contributed by atoms with Crippen molar-refractivity contribution >= 4 is 96.0 Å². The average molecular weight is 645 g/mol. The molecule has 0 unspecified atom stereocenters. The summed E-state index contributed by atoms with van der Waals surface area (Å²) in [6.07, 6.45) is 0. The van der Waals surface area contributed by atoms with Crippen LogP contribution in [0.25, 0.3) is 0 Å². The van der Waals surface area contributed by atoms with Gasteiger partial charge in [0, 0.05) is 17.3 Å². The van der Waals surface area contributed by atoms with E-state index in [4.69, 9.17) is 17.3 Å². The molecule has 0 aliphatic rings. The van der Waals surface area contributed by atoms with Crippen LogP contribution < -0.4 is 10.6 Å². The van der Waals surface area contributed by atoms with Crippen LogP contribution in [0.15, 0.2) is 34.8 Å². The number of benzene rings is 2. The van der Waals surface area contributed by atoms with Crippen molar-refractivity contribution < 1.29 is 14.7 Å². The van der Waals surface area contributed by atoms with E-state index >= 15 is 0 Å². The first-order chi connectivity index (χ1) is 11.7. The van der Waals surface area contributed by atoms with Crippen LogP contribution in [0.2, 0.25) is 0 Å². The molecule has 0 radical (unpaired) electrons. The Morgan fingerprint density at radius 1 is 1.20 bits per heavy atom. The highest BCUT2D eigenvalue weighted by Crippen LogP contribution is 2.26. The zero-order valence-corrected chi connectivity index (χ0v) is 19.4. The Hall–Kier alpha value is -0.790. The Morgan fingerprint density at radius 2 is 1.88 bits per heavy atom. The quantitative estimate of drug-likeness (QED) is 0.255. The molecule has 0 bridgehead atoms. The maximum atomic E-state index is 12.5. The van der Waals surface area contributed by atoms with Gasteiger partial charge in [0.15, 0.2) is 5.11 Å². The van der Waals surface area contributed by atoms with E-state index in [0.717, 1.165) is 7.14 Å². The molecule has 2 aromatic carbocycles. The van der Waals surface area contributed by atoms with Crippen molar-refractivity contribution in [1.82, 2.24) is 5.32 Å². The molecular weight excluding hydrogens is 634 g/mol. The van der Waals surface area contributed by atoms with Crippen molar-refractivity contribution in [2.45, 2.75) is 6.92 Å². The number of halogens is 3. The number of carbonyl (C=O) groups excluding carboxylic acids is 1. The van der Waals surface area contributed by atoms with Gasteiger partial charge in [-0.25, -0.2) is 4.79 Å². The summed E-state index contributed by atoms with van der Waals surface area (Å²) in [5.74, 6) is -1.37. The topological polar surface area (TPSA) is 78.4 Å². The third-order valence-corrected chi connectivity index (χ3v) is 6.55. The second kappa shape index (κ2) is 8.73. The van der Waals surface area contributed by atoms with Gasteiger partial charge in [-0.2, -0.15) is 0 Å². The number of carboxylic acids is 1. The van der Waals surface area contributed by atoms with Crippen LogP contribution in [-0.4, -0.2) is 22.1 Å². The van der Waals surface area contributed by atoms with Gasteiger partial charge < -0.3 is 10.4 Å². The number of nitrogens with one attached hydrogen (secondary N) is 2. The normalized spacial score (nSPS) is 10.2. The summed E-state index contributed by atoms with van der Waals surface area (Å²) < 4.78 is 2.54. The molecule has 25 heavy (non-hydrogen) atoms. The number of carboxylic acid groups (broad SMARTS) is 1. The molecule has 1 amide bonds. The van der Waals surface area contributed by atoms with Crippen LogP contribution in [0.5, 0.6) is 0 Å². The van der Waals surface area contributed by atoms with E-state index in [1.165, 1.54) is 6.07 Å². The molecule has 2 aromatic rings. The summed E-state index contributed by atoms with van der Waals surface area (Å²) in [5.41, 5.74) is 1.71. The molecule has 9 heteroatoms. The first-order valence-electron chi connectivity index (χ1n) is 6.80. The van der Waals surface area contributed by atoms with Crippen LogP contribution in [0.1, 0.15) is 26.3 Å². The highest BCUT2D eigenvalue weighted by atomic mass is 127. The molecule has 0 aliphatic heterocycles. The Kier molecular flexibility index (Phi) is 7.17. The Bertz CT molecular complexity index is 890. The van der Waals surface area contributed by atoms with Crippen LogP contribution in [0, 0.1) is 14.1 Å². The molecule has 0 fully saturated rings. The van der Waals surface area contributed by atoms with E-state index < -0.39 is 5.97 Å². The van der Waals surface area contributed by atoms with E-state index in [0.29, 0.717) is 21.3 Å². The lowest BCUT2D eigenvalue weighted by Gasteiger charge is -2.14. The molecule has 0 heterocycles. The smallest absolute Gasteiger partial charge is 0.336 e. The molecule has 2 rings (SSSR count). The zero-order valence-electron chi connectivity index (χ0n) is 12.7. The summed E-state index contributed by atoms with van der Waals surface area (Å²) in [6.45, 7) is 1.68. The zero-order chi connectivity index (χ0) is 18.7. The van der Waals surface area contributed by atoms with Crippen LogP contribution in [0.3, 0.4) is 0 Å². The first kappa shape index (κ1) is 20.5. The Morgan fingerprint density at radius 3 is 2.52 bits per heavy atom. The molecule has 5 nitrogen and oxygen atoms in total. The van der Waals surface area contributed by atoms with E-state index in [-0.39, 0.29) is 16.6 Å². The summed E-state index contributed by atoms with van der Waals surface area (Å²) in [4.78, 5) is 23.6. The van der Waals surface area contributed by atoms with Gasteiger partial charge in [0.2, 0.25) is 0 Å². The second-order valence-electron chi connectivity index (χ2n) is 4.94. The predicted octanol–water partition coefficient (Wildman–Crippen LogP) is 4.79. The highest BCUT2D eigenvalue weighted by Gasteiger charge is 2.16. The number of hydrogen-bond acceptors (Lipinski definition) is 3. The van der Waals surface area contributed by atoms with Crippen molar-refractivity contribution in [3.05, 3.63) is 58.6 Å². The standard InChI is InChI=1S/C16H11BrI2N2O3S/c1-7-9(15(23)24)3-2-4-12(7)20-16(25)21-14(22)10-5-8(18)6-11(19)13(10)17/h2-6H,1H3,(H,23,24)(H2,20,21,22,25). The summed E-state index contributed by atoms with van der Waals surface area (Å²) >= 11 is 12.9. The lowest BCUT2D eigenvalue weighted by molar-refractivity contribution is 0.0696. The fourth-order valence-electron chi connectivity index (χ4n) is 2.05. The van der Waals surface area contributed by atoms with Gasteiger partial charge in [-0.3, -0.25) is 10.1 Å². The number of thiocarbonyl (C=S) groups is 1. The van der Waals surface area contributed by atoms with Crippen molar-refractivity contribution in [2.24, 2.45) is 0 Å². The Balaban J connectivity index is 2.17. The summed E-state index contributed by atoms with van der Waals surface area (Å²) in [5, 5.41) is 14.7. The van der Waals surface area contributed by atoms with Crippen LogP contribution >= 0.6 is 73.3 Å². The monoisotopic (exact) mass is 644 g/mol. The van der Waals surface area contributed by atoms with Crippen molar-refractivity contribution in [2.75, 3.05) is 5.32 Å².